The van der Waals surface area contributed by atoms with Crippen molar-refractivity contribution in [2.75, 3.05) is 5.73 Å². The van der Waals surface area contributed by atoms with Crippen LogP contribution < -0.4 is 5.73 Å². The van der Waals surface area contributed by atoms with Crippen molar-refractivity contribution in [3.05, 3.63) is 29.0 Å². The van der Waals surface area contributed by atoms with Crippen molar-refractivity contribution >= 4 is 22.7 Å². The quantitative estimate of drug-likeness (QED) is 0.692. The molecule has 0 aliphatic carbocycles. The van der Waals surface area contributed by atoms with Crippen molar-refractivity contribution in [1.82, 2.24) is 19.6 Å². The summed E-state index contributed by atoms with van der Waals surface area (Å²) in [6.07, 6.45) is 1.46. The second-order valence-corrected chi connectivity index (χ2v) is 4.20. The van der Waals surface area contributed by atoms with Crippen molar-refractivity contribution in [2.45, 2.75) is 6.92 Å². The second kappa shape index (κ2) is 3.28. The summed E-state index contributed by atoms with van der Waals surface area (Å²) in [7, 11) is 0. The van der Waals surface area contributed by atoms with Crippen LogP contribution in [0.4, 0.5) is 5.82 Å². The molecular formula is C10H9N5S. The molecule has 80 valence electrons. The lowest BCUT2D eigenvalue weighted by atomic mass is 10.2. The third-order valence-electron chi connectivity index (χ3n) is 2.47. The highest BCUT2D eigenvalue weighted by molar-refractivity contribution is 7.07. The smallest absolute Gasteiger partial charge is 0.152 e. The van der Waals surface area contributed by atoms with E-state index in [1.165, 1.54) is 6.33 Å². The minimum absolute atomic E-state index is 0.478. The number of thiazole rings is 1. The largest absolute Gasteiger partial charge is 0.382 e. The fraction of sp³-hybridized carbons (Fsp3) is 0.100. The van der Waals surface area contributed by atoms with Gasteiger partial charge >= 0.3 is 0 Å². The molecule has 0 saturated carbocycles. The number of hydrogen-bond donors (Lipinski definition) is 1. The fourth-order valence-electron chi connectivity index (χ4n) is 1.77. The van der Waals surface area contributed by atoms with Crippen molar-refractivity contribution in [1.29, 1.82) is 0 Å². The van der Waals surface area contributed by atoms with Crippen LogP contribution in [-0.4, -0.2) is 19.6 Å². The molecule has 0 amide bonds. The highest BCUT2D eigenvalue weighted by Crippen LogP contribution is 2.29. The number of nitrogen functional groups attached to an aromatic ring is 1. The Morgan fingerprint density at radius 3 is 3.00 bits per heavy atom. The number of fused-ring (bicyclic) bond motifs is 1. The zero-order valence-corrected chi connectivity index (χ0v) is 9.40. The van der Waals surface area contributed by atoms with E-state index in [9.17, 15) is 0 Å². The summed E-state index contributed by atoms with van der Waals surface area (Å²) < 4.78 is 1.79. The normalized spacial score (nSPS) is 11.1. The van der Waals surface area contributed by atoms with Gasteiger partial charge < -0.3 is 5.73 Å². The van der Waals surface area contributed by atoms with Crippen LogP contribution in [-0.2, 0) is 0 Å². The molecule has 0 fully saturated rings. The summed E-state index contributed by atoms with van der Waals surface area (Å²) in [5, 5.41) is 6.16. The molecule has 16 heavy (non-hydrogen) atoms. The molecule has 3 heterocycles. The summed E-state index contributed by atoms with van der Waals surface area (Å²) in [5.74, 6) is 0.478. The third-order valence-corrected chi connectivity index (χ3v) is 3.06. The Morgan fingerprint density at radius 1 is 1.38 bits per heavy atom. The van der Waals surface area contributed by atoms with Gasteiger partial charge in [0.1, 0.15) is 11.8 Å². The molecular weight excluding hydrogens is 222 g/mol. The maximum atomic E-state index is 5.88. The van der Waals surface area contributed by atoms with Gasteiger partial charge in [-0.2, -0.15) is 5.10 Å². The Hall–Kier alpha value is -1.95. The van der Waals surface area contributed by atoms with E-state index in [-0.39, 0.29) is 0 Å². The molecule has 0 aliphatic rings. The first kappa shape index (κ1) is 9.29. The second-order valence-electron chi connectivity index (χ2n) is 3.48. The lowest BCUT2D eigenvalue weighted by Gasteiger charge is -1.99. The number of aromatic nitrogens is 4. The Morgan fingerprint density at radius 2 is 2.25 bits per heavy atom. The van der Waals surface area contributed by atoms with Gasteiger partial charge in [-0.1, -0.05) is 0 Å². The Labute approximate surface area is 95.6 Å². The van der Waals surface area contributed by atoms with E-state index >= 15 is 0 Å². The molecule has 0 spiro atoms. The summed E-state index contributed by atoms with van der Waals surface area (Å²) in [6.45, 7) is 1.98. The van der Waals surface area contributed by atoms with Crippen LogP contribution >= 0.6 is 11.3 Å². The SMILES string of the molecule is Cc1cc(-c2cscn2)c2c(N)ncnn12. The van der Waals surface area contributed by atoms with Crippen LogP contribution in [0.1, 0.15) is 5.69 Å². The van der Waals surface area contributed by atoms with Crippen molar-refractivity contribution in [3.8, 4) is 11.3 Å². The number of rotatable bonds is 1. The zero-order valence-electron chi connectivity index (χ0n) is 8.58. The number of nitrogens with two attached hydrogens (primary N) is 1. The van der Waals surface area contributed by atoms with Crippen LogP contribution in [0.2, 0.25) is 0 Å². The minimum Gasteiger partial charge on any atom is -0.382 e. The molecule has 0 radical (unpaired) electrons. The number of anilines is 1. The van der Waals surface area contributed by atoms with Crippen molar-refractivity contribution in [2.24, 2.45) is 0 Å². The molecule has 0 unspecified atom stereocenters. The average Bonchev–Trinajstić information content (AvgIpc) is 2.87. The maximum absolute atomic E-state index is 5.88. The summed E-state index contributed by atoms with van der Waals surface area (Å²) in [5.41, 5.74) is 11.4. The van der Waals surface area contributed by atoms with Gasteiger partial charge in [0, 0.05) is 16.6 Å². The fourth-order valence-corrected chi connectivity index (χ4v) is 2.32. The molecule has 0 atom stereocenters. The Kier molecular flexibility index (Phi) is 1.90. The van der Waals surface area contributed by atoms with Gasteiger partial charge in [-0.25, -0.2) is 14.5 Å². The first-order valence-corrected chi connectivity index (χ1v) is 5.69. The van der Waals surface area contributed by atoms with Gasteiger partial charge in [-0.05, 0) is 13.0 Å². The third kappa shape index (κ3) is 1.20. The summed E-state index contributed by atoms with van der Waals surface area (Å²) in [6, 6.07) is 2.02. The molecule has 3 aromatic rings. The number of aryl methyl sites for hydroxylation is 1. The van der Waals surface area contributed by atoms with Crippen LogP contribution in [0.25, 0.3) is 16.8 Å². The molecule has 3 aromatic heterocycles. The Bertz CT molecular complexity index is 641. The number of nitrogens with zero attached hydrogens (tertiary/aromatic N) is 4. The van der Waals surface area contributed by atoms with E-state index in [1.54, 1.807) is 21.4 Å². The molecule has 3 rings (SSSR count). The molecule has 5 nitrogen and oxygen atoms in total. The van der Waals surface area contributed by atoms with Gasteiger partial charge in [-0.3, -0.25) is 0 Å². The lowest BCUT2D eigenvalue weighted by molar-refractivity contribution is 0.875. The van der Waals surface area contributed by atoms with Gasteiger partial charge in [-0.15, -0.1) is 11.3 Å². The maximum Gasteiger partial charge on any atom is 0.152 e. The monoisotopic (exact) mass is 231 g/mol. The lowest BCUT2D eigenvalue weighted by Crippen LogP contribution is -2.00. The van der Waals surface area contributed by atoms with E-state index in [0.29, 0.717) is 5.82 Å². The summed E-state index contributed by atoms with van der Waals surface area (Å²) >= 11 is 1.56. The highest BCUT2D eigenvalue weighted by Gasteiger charge is 2.13. The van der Waals surface area contributed by atoms with E-state index in [1.807, 2.05) is 18.4 Å². The van der Waals surface area contributed by atoms with Crippen LogP contribution in [0.5, 0.6) is 0 Å². The molecule has 0 bridgehead atoms. The van der Waals surface area contributed by atoms with E-state index in [0.717, 1.165) is 22.5 Å². The van der Waals surface area contributed by atoms with Crippen LogP contribution in [0, 0.1) is 6.92 Å². The molecule has 2 N–H and O–H groups in total. The Balaban J connectivity index is 2.42. The first-order valence-electron chi connectivity index (χ1n) is 4.75. The van der Waals surface area contributed by atoms with Gasteiger partial charge in [0.05, 0.1) is 11.2 Å². The summed E-state index contributed by atoms with van der Waals surface area (Å²) in [4.78, 5) is 8.30. The molecule has 0 saturated heterocycles. The zero-order chi connectivity index (χ0) is 11.1. The van der Waals surface area contributed by atoms with Gasteiger partial charge in [0.15, 0.2) is 5.82 Å². The van der Waals surface area contributed by atoms with Crippen LogP contribution in [0.3, 0.4) is 0 Å². The standard InChI is InChI=1S/C10H9N5S/c1-6-2-7(8-3-16-5-13-8)9-10(11)12-4-14-15(6)9/h2-5H,1H3,(H2,11,12,14). The number of hydrogen-bond acceptors (Lipinski definition) is 5. The van der Waals surface area contributed by atoms with Crippen molar-refractivity contribution in [3.63, 3.8) is 0 Å². The van der Waals surface area contributed by atoms with E-state index in [2.05, 4.69) is 15.1 Å². The topological polar surface area (TPSA) is 69.1 Å². The average molecular weight is 231 g/mol. The van der Waals surface area contributed by atoms with E-state index < -0.39 is 0 Å². The minimum atomic E-state index is 0.478. The predicted molar refractivity (Wildman–Crippen MR) is 63.2 cm³/mol. The first-order chi connectivity index (χ1) is 7.77. The molecule has 6 heteroatoms. The highest BCUT2D eigenvalue weighted by atomic mass is 32.1. The van der Waals surface area contributed by atoms with Gasteiger partial charge in [0.25, 0.3) is 0 Å². The van der Waals surface area contributed by atoms with Crippen molar-refractivity contribution < 1.29 is 0 Å². The molecule has 0 aromatic carbocycles. The van der Waals surface area contributed by atoms with E-state index in [4.69, 9.17) is 5.73 Å². The predicted octanol–water partition coefficient (Wildman–Crippen LogP) is 1.74. The van der Waals surface area contributed by atoms with Crippen LogP contribution in [0.15, 0.2) is 23.3 Å². The molecule has 0 aliphatic heterocycles. The van der Waals surface area contributed by atoms with Gasteiger partial charge in [0.2, 0.25) is 0 Å².